The topological polar surface area (TPSA) is 88.9 Å². The number of aryl methyl sites for hydroxylation is 2. The first-order valence-electron chi connectivity index (χ1n) is 11.3. The Kier molecular flexibility index (Phi) is 6.97. The molecule has 2 heterocycles. The lowest BCUT2D eigenvalue weighted by Crippen LogP contribution is -2.10. The molecule has 0 aliphatic rings. The number of nitrogens with zero attached hydrogens (tertiary/aromatic N) is 2. The van der Waals surface area contributed by atoms with Gasteiger partial charge in [0.2, 0.25) is 0 Å². The number of benzene rings is 3. The molecule has 0 aliphatic heterocycles. The van der Waals surface area contributed by atoms with E-state index in [2.05, 4.69) is 9.97 Å². The summed E-state index contributed by atoms with van der Waals surface area (Å²) in [5, 5.41) is 12.5. The zero-order valence-electron chi connectivity index (χ0n) is 19.8. The first-order chi connectivity index (χ1) is 17.8. The van der Waals surface area contributed by atoms with Gasteiger partial charge in [-0.2, -0.15) is 0 Å². The van der Waals surface area contributed by atoms with Gasteiger partial charge in [-0.1, -0.05) is 77.5 Å². The van der Waals surface area contributed by atoms with Crippen LogP contribution in [0.5, 0.6) is 0 Å². The Balaban J connectivity index is 1.50. The molecule has 184 valence electrons. The summed E-state index contributed by atoms with van der Waals surface area (Å²) in [5.41, 5.74) is 3.14. The highest BCUT2D eigenvalue weighted by Crippen LogP contribution is 2.38. The minimum absolute atomic E-state index is 0.0259. The van der Waals surface area contributed by atoms with Crippen LogP contribution in [0.2, 0.25) is 0 Å². The van der Waals surface area contributed by atoms with E-state index in [0.29, 0.717) is 20.7 Å². The Labute approximate surface area is 225 Å². The molecule has 6 nitrogen and oxygen atoms in total. The van der Waals surface area contributed by atoms with Crippen molar-refractivity contribution in [2.45, 2.75) is 23.6 Å². The molecule has 9 heteroatoms. The van der Waals surface area contributed by atoms with E-state index in [0.717, 1.165) is 26.5 Å². The molecule has 1 N–H and O–H groups in total. The molecule has 5 rings (SSSR count). The first kappa shape index (κ1) is 25.0. The van der Waals surface area contributed by atoms with E-state index in [1.54, 1.807) is 18.2 Å². The molecule has 3 aromatic carbocycles. The Morgan fingerprint density at radius 3 is 2.51 bits per heavy atom. The summed E-state index contributed by atoms with van der Waals surface area (Å²) in [4.78, 5) is 34.8. The van der Waals surface area contributed by atoms with Crippen LogP contribution < -0.4 is 5.56 Å². The summed E-state index contributed by atoms with van der Waals surface area (Å²) in [5.74, 6) is 0.209. The minimum Gasteiger partial charge on any atom is -0.305 e. The monoisotopic (exact) mass is 545 g/mol. The molecule has 0 aliphatic carbocycles. The van der Waals surface area contributed by atoms with E-state index in [4.69, 9.17) is 11.6 Å². The maximum atomic E-state index is 13.1. The molecule has 2 aromatic heterocycles. The molecule has 5 aromatic rings. The smallest absolute Gasteiger partial charge is 0.283 e. The van der Waals surface area contributed by atoms with Crippen LogP contribution in [0.4, 0.5) is 5.69 Å². The minimum atomic E-state index is -0.409. The molecule has 0 amide bonds. The number of hydrogen-bond acceptors (Lipinski definition) is 6. The van der Waals surface area contributed by atoms with Crippen molar-refractivity contribution in [2.75, 3.05) is 0 Å². The van der Waals surface area contributed by atoms with E-state index >= 15 is 0 Å². The van der Waals surface area contributed by atoms with Crippen LogP contribution in [0.3, 0.4) is 0 Å². The third-order valence-electron chi connectivity index (χ3n) is 5.75. The van der Waals surface area contributed by atoms with Gasteiger partial charge in [-0.15, -0.1) is 11.3 Å². The third-order valence-corrected chi connectivity index (χ3v) is 8.11. The number of fused-ring (bicyclic) bond motifs is 1. The number of nitro groups is 1. The molecule has 0 saturated heterocycles. The highest BCUT2D eigenvalue weighted by Gasteiger charge is 2.19. The molecular formula is C28H20ClN3O3S2. The lowest BCUT2D eigenvalue weighted by Gasteiger charge is -2.06. The zero-order valence-corrected chi connectivity index (χ0v) is 22.2. The van der Waals surface area contributed by atoms with Crippen LogP contribution in [0.15, 0.2) is 87.4 Å². The lowest BCUT2D eigenvalue weighted by atomic mass is 10.0. The van der Waals surface area contributed by atoms with Gasteiger partial charge in [0.1, 0.15) is 4.83 Å². The van der Waals surface area contributed by atoms with Crippen molar-refractivity contribution in [3.05, 3.63) is 115 Å². The van der Waals surface area contributed by atoms with Crippen molar-refractivity contribution < 1.29 is 4.92 Å². The van der Waals surface area contributed by atoms with Crippen molar-refractivity contribution >= 4 is 61.7 Å². The molecule has 37 heavy (non-hydrogen) atoms. The predicted molar refractivity (Wildman–Crippen MR) is 153 cm³/mol. The maximum absolute atomic E-state index is 13.1. The van der Waals surface area contributed by atoms with Crippen LogP contribution >= 0.6 is 34.7 Å². The number of aromatic amines is 1. The van der Waals surface area contributed by atoms with E-state index in [-0.39, 0.29) is 22.1 Å². The second kappa shape index (κ2) is 10.3. The molecule has 0 spiro atoms. The van der Waals surface area contributed by atoms with Crippen molar-refractivity contribution in [2.24, 2.45) is 0 Å². The van der Waals surface area contributed by atoms with Crippen LogP contribution in [-0.2, 0) is 0 Å². The summed E-state index contributed by atoms with van der Waals surface area (Å²) < 4.78 is 0. The van der Waals surface area contributed by atoms with Gasteiger partial charge in [-0.3, -0.25) is 14.9 Å². The second-order valence-electron chi connectivity index (χ2n) is 8.39. The van der Waals surface area contributed by atoms with E-state index in [1.165, 1.54) is 29.2 Å². The number of nitrogens with one attached hydrogen (secondary N) is 1. The quantitative estimate of drug-likeness (QED) is 0.172. The lowest BCUT2D eigenvalue weighted by molar-refractivity contribution is -0.387. The van der Waals surface area contributed by atoms with Crippen LogP contribution in [-0.4, -0.2) is 14.9 Å². The SMILES string of the molecule is Cc1ccc(Sc2ccc(/C=C(\Cl)c3nc4sc(C)c(-c5ccccc5)c4c(=O)[nH]3)cc2[N+](=O)[O-])cc1. The van der Waals surface area contributed by atoms with Crippen LogP contribution in [0, 0.1) is 24.0 Å². The molecule has 0 radical (unpaired) electrons. The Bertz CT molecular complexity index is 1730. The second-order valence-corrected chi connectivity index (χ2v) is 11.1. The van der Waals surface area contributed by atoms with Gasteiger partial charge in [0.05, 0.1) is 20.2 Å². The summed E-state index contributed by atoms with van der Waals surface area (Å²) in [6, 6.07) is 22.4. The fourth-order valence-electron chi connectivity index (χ4n) is 3.99. The van der Waals surface area contributed by atoms with E-state index in [1.807, 2.05) is 68.4 Å². The molecule has 0 unspecified atom stereocenters. The van der Waals surface area contributed by atoms with Crippen molar-refractivity contribution in [1.29, 1.82) is 0 Å². The fourth-order valence-corrected chi connectivity index (χ4v) is 6.15. The van der Waals surface area contributed by atoms with Gasteiger partial charge in [-0.25, -0.2) is 4.98 Å². The van der Waals surface area contributed by atoms with Gasteiger partial charge >= 0.3 is 0 Å². The average Bonchev–Trinajstić information content (AvgIpc) is 3.23. The normalized spacial score (nSPS) is 11.7. The predicted octanol–water partition coefficient (Wildman–Crippen LogP) is 8.06. The Morgan fingerprint density at radius 1 is 1.08 bits per heavy atom. The molecular weight excluding hydrogens is 526 g/mol. The van der Waals surface area contributed by atoms with Crippen molar-refractivity contribution in [1.82, 2.24) is 9.97 Å². The molecule has 0 fully saturated rings. The Hall–Kier alpha value is -3.72. The van der Waals surface area contributed by atoms with Gasteiger partial charge in [0, 0.05) is 21.4 Å². The largest absolute Gasteiger partial charge is 0.305 e. The van der Waals surface area contributed by atoms with Crippen molar-refractivity contribution in [3.8, 4) is 11.1 Å². The highest BCUT2D eigenvalue weighted by molar-refractivity contribution is 7.99. The third kappa shape index (κ3) is 5.22. The van der Waals surface area contributed by atoms with Gasteiger partial charge in [0.15, 0.2) is 5.82 Å². The number of H-pyrrole nitrogens is 1. The standard InChI is InChI=1S/C28H20ClN3O3S2/c1-16-8-11-20(12-9-16)37-23-13-10-18(15-22(23)32(34)35)14-21(29)26-30-27(33)25-24(17(2)36-28(25)31-26)19-6-4-3-5-7-19/h3-15H,1-2H3,(H,30,31,33)/b21-14-. The summed E-state index contributed by atoms with van der Waals surface area (Å²) in [6.45, 7) is 3.95. The van der Waals surface area contributed by atoms with Gasteiger partial charge in [-0.05, 0) is 49.2 Å². The number of hydrogen-bond donors (Lipinski definition) is 1. The summed E-state index contributed by atoms with van der Waals surface area (Å²) in [6.07, 6.45) is 1.57. The maximum Gasteiger partial charge on any atom is 0.283 e. The van der Waals surface area contributed by atoms with Gasteiger partial charge in [0.25, 0.3) is 11.2 Å². The Morgan fingerprint density at radius 2 is 1.81 bits per heavy atom. The summed E-state index contributed by atoms with van der Waals surface area (Å²) in [7, 11) is 0. The van der Waals surface area contributed by atoms with E-state index in [9.17, 15) is 14.9 Å². The van der Waals surface area contributed by atoms with Crippen LogP contribution in [0.1, 0.15) is 21.8 Å². The number of rotatable bonds is 6. The fraction of sp³-hybridized carbons (Fsp3) is 0.0714. The van der Waals surface area contributed by atoms with E-state index < -0.39 is 4.92 Å². The summed E-state index contributed by atoms with van der Waals surface area (Å²) >= 11 is 9.30. The average molecular weight is 546 g/mol. The first-order valence-corrected chi connectivity index (χ1v) is 13.3. The van der Waals surface area contributed by atoms with Crippen LogP contribution in [0.25, 0.3) is 32.5 Å². The molecule has 0 bridgehead atoms. The number of aromatic nitrogens is 2. The highest BCUT2D eigenvalue weighted by atomic mass is 35.5. The number of nitro benzene ring substituents is 1. The van der Waals surface area contributed by atoms with Gasteiger partial charge < -0.3 is 4.98 Å². The molecule has 0 saturated carbocycles. The number of halogens is 1. The number of thiophene rings is 1. The zero-order chi connectivity index (χ0) is 26.1. The van der Waals surface area contributed by atoms with Crippen molar-refractivity contribution in [3.63, 3.8) is 0 Å². The molecule has 0 atom stereocenters.